The zero-order chi connectivity index (χ0) is 36.3. The maximum absolute atomic E-state index is 13.6. The molecule has 0 spiro atoms. The molecule has 8 aromatic rings. The molecule has 0 aliphatic carbocycles. The molecule has 2 aromatic heterocycles. The average molecular weight is 689 g/mol. The molecule has 2 heterocycles. The van der Waals surface area contributed by atoms with E-state index >= 15 is 0 Å². The Kier molecular flexibility index (Phi) is 9.01. The van der Waals surface area contributed by atoms with Crippen LogP contribution in [0.4, 0.5) is 11.4 Å². The Morgan fingerprint density at radius 1 is 0.472 bits per heavy atom. The summed E-state index contributed by atoms with van der Waals surface area (Å²) in [5, 5.41) is 7.77. The summed E-state index contributed by atoms with van der Waals surface area (Å²) in [4.78, 5) is 36.9. The van der Waals surface area contributed by atoms with Crippen molar-refractivity contribution in [1.29, 1.82) is 0 Å². The number of rotatable bonds is 8. The van der Waals surface area contributed by atoms with E-state index in [0.717, 1.165) is 55.4 Å². The number of fused-ring (bicyclic) bond motifs is 2. The van der Waals surface area contributed by atoms with Crippen LogP contribution in [0.3, 0.4) is 0 Å². The van der Waals surface area contributed by atoms with Gasteiger partial charge in [0, 0.05) is 33.3 Å². The monoisotopic (exact) mass is 688 g/mol. The van der Waals surface area contributed by atoms with Crippen LogP contribution in [0.2, 0.25) is 0 Å². The summed E-state index contributed by atoms with van der Waals surface area (Å²) in [7, 11) is 0. The van der Waals surface area contributed by atoms with Gasteiger partial charge >= 0.3 is 0 Å². The molecule has 8 rings (SSSR count). The van der Waals surface area contributed by atoms with Crippen LogP contribution in [0, 0.1) is 13.8 Å². The third-order valence-electron chi connectivity index (χ3n) is 9.45. The Morgan fingerprint density at radius 2 is 0.849 bits per heavy atom. The molecule has 0 saturated carbocycles. The number of nitrogens with zero attached hydrogens (tertiary/aromatic N) is 2. The van der Waals surface area contributed by atoms with Gasteiger partial charge in [-0.15, -0.1) is 0 Å². The number of carbonyl (C=O) groups excluding carboxylic acids is 2. The standard InChI is InChI=1S/C47H36N4O2/c1-30-11-19-34(20-12-30)44-28-40(38-7-3-5-9-42(38)50-44)46(52)48-36-23-15-32(16-24-36)27-33-17-25-37(26-18-33)49-47(53)41-29-45(35-21-13-31(2)14-22-35)51-43-10-6-4-8-39(41)43/h3-26,28-29H,27H2,1-2H3,(H,48,52)(H,49,53). The first-order valence-corrected chi connectivity index (χ1v) is 17.6. The zero-order valence-corrected chi connectivity index (χ0v) is 29.4. The largest absolute Gasteiger partial charge is 0.322 e. The predicted octanol–water partition coefficient (Wildman–Crippen LogP) is 10.8. The molecule has 0 unspecified atom stereocenters. The Morgan fingerprint density at radius 3 is 1.25 bits per heavy atom. The van der Waals surface area contributed by atoms with Gasteiger partial charge in [-0.2, -0.15) is 0 Å². The summed E-state index contributed by atoms with van der Waals surface area (Å²) in [6, 6.07) is 51.3. The Balaban J connectivity index is 0.947. The van der Waals surface area contributed by atoms with Crippen molar-refractivity contribution in [3.63, 3.8) is 0 Å². The predicted molar refractivity (Wildman–Crippen MR) is 215 cm³/mol. The number of nitrogens with one attached hydrogen (secondary N) is 2. The van der Waals surface area contributed by atoms with Crippen LogP contribution in [-0.2, 0) is 6.42 Å². The average Bonchev–Trinajstić information content (AvgIpc) is 3.19. The number of aryl methyl sites for hydroxylation is 2. The van der Waals surface area contributed by atoms with Crippen LogP contribution >= 0.6 is 0 Å². The third-order valence-corrected chi connectivity index (χ3v) is 9.45. The van der Waals surface area contributed by atoms with Crippen LogP contribution in [-0.4, -0.2) is 21.8 Å². The highest BCUT2D eigenvalue weighted by Crippen LogP contribution is 2.28. The van der Waals surface area contributed by atoms with Crippen molar-refractivity contribution < 1.29 is 9.59 Å². The molecule has 6 aromatic carbocycles. The summed E-state index contributed by atoms with van der Waals surface area (Å²) in [6.45, 7) is 4.10. The maximum atomic E-state index is 13.6. The molecular weight excluding hydrogens is 653 g/mol. The second-order valence-corrected chi connectivity index (χ2v) is 13.4. The van der Waals surface area contributed by atoms with E-state index in [1.807, 2.05) is 172 Å². The van der Waals surface area contributed by atoms with Gasteiger partial charge in [0.1, 0.15) is 0 Å². The van der Waals surface area contributed by atoms with Crippen LogP contribution in [0.1, 0.15) is 43.0 Å². The van der Waals surface area contributed by atoms with E-state index in [1.54, 1.807) is 0 Å². The SMILES string of the molecule is Cc1ccc(-c2cc(C(=O)Nc3ccc(Cc4ccc(NC(=O)c5cc(-c6ccc(C)cc6)nc6ccccc56)cc4)cc3)c3ccccc3n2)cc1. The van der Waals surface area contributed by atoms with Crippen LogP contribution in [0.15, 0.2) is 158 Å². The zero-order valence-electron chi connectivity index (χ0n) is 29.4. The van der Waals surface area contributed by atoms with E-state index in [2.05, 4.69) is 10.6 Å². The molecule has 6 heteroatoms. The lowest BCUT2D eigenvalue weighted by atomic mass is 10.0. The highest BCUT2D eigenvalue weighted by atomic mass is 16.2. The molecule has 2 N–H and O–H groups in total. The van der Waals surface area contributed by atoms with Gasteiger partial charge < -0.3 is 10.6 Å². The second-order valence-electron chi connectivity index (χ2n) is 13.4. The fourth-order valence-corrected chi connectivity index (χ4v) is 6.52. The molecule has 256 valence electrons. The molecule has 53 heavy (non-hydrogen) atoms. The molecule has 6 nitrogen and oxygen atoms in total. The molecular formula is C47H36N4O2. The van der Waals surface area contributed by atoms with Gasteiger partial charge in [-0.25, -0.2) is 9.97 Å². The van der Waals surface area contributed by atoms with Gasteiger partial charge in [0.15, 0.2) is 0 Å². The number of pyridine rings is 2. The highest BCUT2D eigenvalue weighted by Gasteiger charge is 2.16. The highest BCUT2D eigenvalue weighted by molar-refractivity contribution is 6.14. The minimum absolute atomic E-state index is 0.187. The topological polar surface area (TPSA) is 84.0 Å². The summed E-state index contributed by atoms with van der Waals surface area (Å²) in [5.41, 5.74) is 12.1. The Labute approximate surface area is 308 Å². The minimum atomic E-state index is -0.187. The maximum Gasteiger partial charge on any atom is 0.256 e. The van der Waals surface area contributed by atoms with E-state index in [0.29, 0.717) is 28.9 Å². The number of carbonyl (C=O) groups is 2. The quantitative estimate of drug-likeness (QED) is 0.166. The number of aromatic nitrogens is 2. The van der Waals surface area contributed by atoms with Gasteiger partial charge in [-0.3, -0.25) is 9.59 Å². The first kappa shape index (κ1) is 33.2. The number of anilines is 2. The van der Waals surface area contributed by atoms with Crippen molar-refractivity contribution in [2.24, 2.45) is 0 Å². The lowest BCUT2D eigenvalue weighted by molar-refractivity contribution is 0.102. The van der Waals surface area contributed by atoms with Gasteiger partial charge in [0.2, 0.25) is 0 Å². The number of benzene rings is 6. The molecule has 0 aliphatic rings. The lowest BCUT2D eigenvalue weighted by Gasteiger charge is -2.12. The molecule has 0 saturated heterocycles. The normalized spacial score (nSPS) is 11.1. The van der Waals surface area contributed by atoms with Crippen molar-refractivity contribution in [1.82, 2.24) is 9.97 Å². The minimum Gasteiger partial charge on any atom is -0.322 e. The Hall–Kier alpha value is -6.92. The molecule has 0 radical (unpaired) electrons. The van der Waals surface area contributed by atoms with Crippen LogP contribution in [0.5, 0.6) is 0 Å². The first-order valence-electron chi connectivity index (χ1n) is 17.6. The second kappa shape index (κ2) is 14.4. The summed E-state index contributed by atoms with van der Waals surface area (Å²) >= 11 is 0. The van der Waals surface area contributed by atoms with Crippen molar-refractivity contribution in [3.05, 3.63) is 191 Å². The summed E-state index contributed by atoms with van der Waals surface area (Å²) < 4.78 is 0. The number of amides is 2. The van der Waals surface area contributed by atoms with Gasteiger partial charge in [-0.1, -0.05) is 120 Å². The van der Waals surface area contributed by atoms with Gasteiger partial charge in [0.25, 0.3) is 11.8 Å². The number of hydrogen-bond donors (Lipinski definition) is 2. The van der Waals surface area contributed by atoms with Crippen molar-refractivity contribution >= 4 is 45.0 Å². The van der Waals surface area contributed by atoms with Crippen LogP contribution in [0.25, 0.3) is 44.3 Å². The lowest BCUT2D eigenvalue weighted by Crippen LogP contribution is -2.13. The number of hydrogen-bond acceptors (Lipinski definition) is 4. The van der Waals surface area contributed by atoms with Gasteiger partial charge in [-0.05, 0) is 79.9 Å². The van der Waals surface area contributed by atoms with E-state index in [-0.39, 0.29) is 11.8 Å². The number of para-hydroxylation sites is 2. The summed E-state index contributed by atoms with van der Waals surface area (Å²) in [5.74, 6) is -0.373. The molecule has 0 atom stereocenters. The van der Waals surface area contributed by atoms with Crippen molar-refractivity contribution in [2.45, 2.75) is 20.3 Å². The first-order chi connectivity index (χ1) is 25.9. The Bertz CT molecular complexity index is 2430. The smallest absolute Gasteiger partial charge is 0.256 e. The van der Waals surface area contributed by atoms with Crippen molar-refractivity contribution in [2.75, 3.05) is 10.6 Å². The fourth-order valence-electron chi connectivity index (χ4n) is 6.52. The molecule has 0 fully saturated rings. The van der Waals surface area contributed by atoms with Crippen LogP contribution < -0.4 is 10.6 Å². The van der Waals surface area contributed by atoms with E-state index in [4.69, 9.17) is 9.97 Å². The van der Waals surface area contributed by atoms with E-state index < -0.39 is 0 Å². The fraction of sp³-hybridized carbons (Fsp3) is 0.0638. The van der Waals surface area contributed by atoms with Gasteiger partial charge in [0.05, 0.1) is 33.5 Å². The van der Waals surface area contributed by atoms with Crippen molar-refractivity contribution in [3.8, 4) is 22.5 Å². The molecule has 0 bridgehead atoms. The van der Waals surface area contributed by atoms with E-state index in [1.165, 1.54) is 11.1 Å². The summed E-state index contributed by atoms with van der Waals surface area (Å²) in [6.07, 6.45) is 0.701. The molecule has 0 aliphatic heterocycles. The molecule has 2 amide bonds. The van der Waals surface area contributed by atoms with E-state index in [9.17, 15) is 9.59 Å². The third kappa shape index (κ3) is 7.30.